The van der Waals surface area contributed by atoms with E-state index in [-0.39, 0.29) is 0 Å². The zero-order valence-electron chi connectivity index (χ0n) is 12.6. The lowest BCUT2D eigenvalue weighted by Gasteiger charge is -2.37. The molecule has 106 valence electrons. The quantitative estimate of drug-likeness (QED) is 0.818. The van der Waals surface area contributed by atoms with Crippen LogP contribution in [0.5, 0.6) is 5.75 Å². The van der Waals surface area contributed by atoms with Crippen molar-refractivity contribution in [1.29, 1.82) is 0 Å². The zero-order chi connectivity index (χ0) is 14.0. The van der Waals surface area contributed by atoms with E-state index in [0.29, 0.717) is 17.9 Å². The molecular formula is C17H27NO. The fraction of sp³-hybridized carbons (Fsp3) is 0.647. The van der Waals surface area contributed by atoms with Gasteiger partial charge in [-0.2, -0.15) is 0 Å². The Kier molecular flexibility index (Phi) is 4.38. The number of anilines is 1. The van der Waals surface area contributed by atoms with Gasteiger partial charge in [0, 0.05) is 0 Å². The summed E-state index contributed by atoms with van der Waals surface area (Å²) in [6.45, 7) is 9.01. The lowest BCUT2D eigenvalue weighted by molar-refractivity contribution is 0.0461. The number of benzene rings is 1. The van der Waals surface area contributed by atoms with Crippen LogP contribution in [0.3, 0.4) is 0 Å². The molecule has 2 N–H and O–H groups in total. The molecule has 2 rings (SSSR count). The van der Waals surface area contributed by atoms with Crippen LogP contribution in [-0.2, 0) is 0 Å². The minimum absolute atomic E-state index is 0.312. The highest BCUT2D eigenvalue weighted by molar-refractivity contribution is 5.56. The number of hydrogen-bond acceptors (Lipinski definition) is 2. The fourth-order valence-electron chi connectivity index (χ4n) is 3.24. The van der Waals surface area contributed by atoms with Crippen LogP contribution < -0.4 is 10.5 Å². The van der Waals surface area contributed by atoms with Crippen molar-refractivity contribution in [2.75, 3.05) is 5.73 Å². The van der Waals surface area contributed by atoms with Gasteiger partial charge in [0.25, 0.3) is 0 Å². The predicted molar refractivity (Wildman–Crippen MR) is 81.4 cm³/mol. The summed E-state index contributed by atoms with van der Waals surface area (Å²) < 4.78 is 6.34. The van der Waals surface area contributed by atoms with E-state index in [1.807, 2.05) is 12.1 Å². The van der Waals surface area contributed by atoms with Gasteiger partial charge in [-0.1, -0.05) is 39.3 Å². The molecule has 0 saturated heterocycles. The maximum absolute atomic E-state index is 6.34. The van der Waals surface area contributed by atoms with Crippen LogP contribution in [0, 0.1) is 24.7 Å². The van der Waals surface area contributed by atoms with Crippen molar-refractivity contribution in [3.8, 4) is 5.75 Å². The number of nitrogens with two attached hydrogens (primary N) is 1. The largest absolute Gasteiger partial charge is 0.488 e. The first-order chi connectivity index (χ1) is 8.99. The minimum Gasteiger partial charge on any atom is -0.488 e. The van der Waals surface area contributed by atoms with Crippen LogP contribution in [0.1, 0.15) is 45.6 Å². The molecule has 0 bridgehead atoms. The number of aryl methyl sites for hydroxylation is 1. The molecule has 1 fully saturated rings. The van der Waals surface area contributed by atoms with Crippen LogP contribution in [0.2, 0.25) is 0 Å². The summed E-state index contributed by atoms with van der Waals surface area (Å²) in [7, 11) is 0. The first kappa shape index (κ1) is 14.2. The van der Waals surface area contributed by atoms with Crippen molar-refractivity contribution in [3.05, 3.63) is 23.8 Å². The van der Waals surface area contributed by atoms with E-state index >= 15 is 0 Å². The molecule has 3 unspecified atom stereocenters. The van der Waals surface area contributed by atoms with E-state index in [1.54, 1.807) is 0 Å². The molecule has 3 atom stereocenters. The van der Waals surface area contributed by atoms with Gasteiger partial charge in [0.05, 0.1) is 5.69 Å². The fourth-order valence-corrected chi connectivity index (χ4v) is 3.24. The molecule has 0 aliphatic heterocycles. The molecule has 0 amide bonds. The highest BCUT2D eigenvalue weighted by atomic mass is 16.5. The summed E-state index contributed by atoms with van der Waals surface area (Å²) in [5, 5.41) is 0. The zero-order valence-corrected chi connectivity index (χ0v) is 12.6. The molecule has 1 aliphatic carbocycles. The summed E-state index contributed by atoms with van der Waals surface area (Å²) in [5.41, 5.74) is 7.97. The Hall–Kier alpha value is -1.18. The Morgan fingerprint density at radius 2 is 2.00 bits per heavy atom. The van der Waals surface area contributed by atoms with Gasteiger partial charge in [0.1, 0.15) is 11.9 Å². The summed E-state index contributed by atoms with van der Waals surface area (Å²) >= 11 is 0. The maximum Gasteiger partial charge on any atom is 0.145 e. The van der Waals surface area contributed by atoms with Gasteiger partial charge in [0.15, 0.2) is 0 Å². The second kappa shape index (κ2) is 5.85. The Balaban J connectivity index is 2.19. The average Bonchev–Trinajstić information content (AvgIpc) is 2.33. The van der Waals surface area contributed by atoms with E-state index < -0.39 is 0 Å². The molecule has 0 radical (unpaired) electrons. The van der Waals surface area contributed by atoms with Crippen molar-refractivity contribution in [3.63, 3.8) is 0 Å². The van der Waals surface area contributed by atoms with Crippen molar-refractivity contribution < 1.29 is 4.74 Å². The first-order valence-electron chi connectivity index (χ1n) is 7.50. The third-order valence-corrected chi connectivity index (χ3v) is 4.47. The minimum atomic E-state index is 0.312. The van der Waals surface area contributed by atoms with Crippen molar-refractivity contribution in [1.82, 2.24) is 0 Å². The number of para-hydroxylation sites is 1. The van der Waals surface area contributed by atoms with Crippen molar-refractivity contribution in [2.24, 2.45) is 17.8 Å². The lowest BCUT2D eigenvalue weighted by atomic mass is 9.75. The third kappa shape index (κ3) is 3.23. The van der Waals surface area contributed by atoms with Crippen LogP contribution >= 0.6 is 0 Å². The monoisotopic (exact) mass is 261 g/mol. The molecule has 1 saturated carbocycles. The summed E-state index contributed by atoms with van der Waals surface area (Å²) in [6.07, 6.45) is 4.06. The average molecular weight is 261 g/mol. The Morgan fingerprint density at radius 3 is 2.63 bits per heavy atom. The highest BCUT2D eigenvalue weighted by Crippen LogP contribution is 2.38. The number of rotatable bonds is 3. The van der Waals surface area contributed by atoms with Gasteiger partial charge in [-0.25, -0.2) is 0 Å². The van der Waals surface area contributed by atoms with Crippen LogP contribution in [0.4, 0.5) is 5.69 Å². The molecule has 1 aromatic rings. The van der Waals surface area contributed by atoms with Crippen molar-refractivity contribution >= 4 is 5.69 Å². The van der Waals surface area contributed by atoms with Gasteiger partial charge < -0.3 is 10.5 Å². The van der Waals surface area contributed by atoms with E-state index in [1.165, 1.54) is 12.8 Å². The normalized spacial score (nSPS) is 27.5. The molecule has 0 spiro atoms. The Bertz CT molecular complexity index is 407. The van der Waals surface area contributed by atoms with Crippen LogP contribution in [0.15, 0.2) is 18.2 Å². The standard InChI is InChI=1S/C17H27NO/c1-11(2)14-9-8-12(3)10-16(14)19-17-13(4)6-5-7-15(17)18/h5-7,11-12,14,16H,8-10,18H2,1-4H3. The second-order valence-electron chi connectivity index (χ2n) is 6.48. The van der Waals surface area contributed by atoms with Gasteiger partial charge in [-0.05, 0) is 49.1 Å². The molecule has 1 aromatic carbocycles. The second-order valence-corrected chi connectivity index (χ2v) is 6.48. The molecular weight excluding hydrogens is 234 g/mol. The number of ether oxygens (including phenoxy) is 1. The highest BCUT2D eigenvalue weighted by Gasteiger charge is 2.32. The van der Waals surface area contributed by atoms with E-state index in [4.69, 9.17) is 10.5 Å². The van der Waals surface area contributed by atoms with Gasteiger partial charge >= 0.3 is 0 Å². The summed E-state index contributed by atoms with van der Waals surface area (Å²) in [5.74, 6) is 2.97. The number of nitrogen functional groups attached to an aromatic ring is 1. The third-order valence-electron chi connectivity index (χ3n) is 4.47. The molecule has 0 aromatic heterocycles. The van der Waals surface area contributed by atoms with E-state index in [2.05, 4.69) is 33.8 Å². The lowest BCUT2D eigenvalue weighted by Crippen LogP contribution is -2.36. The molecule has 1 aliphatic rings. The molecule has 2 heteroatoms. The number of hydrogen-bond donors (Lipinski definition) is 1. The first-order valence-corrected chi connectivity index (χ1v) is 7.50. The molecule has 0 heterocycles. The Morgan fingerprint density at radius 1 is 1.26 bits per heavy atom. The van der Waals surface area contributed by atoms with Crippen LogP contribution in [0.25, 0.3) is 0 Å². The SMILES string of the molecule is Cc1cccc(N)c1OC1CC(C)CCC1C(C)C. The summed E-state index contributed by atoms with van der Waals surface area (Å²) in [4.78, 5) is 0. The maximum atomic E-state index is 6.34. The van der Waals surface area contributed by atoms with Gasteiger partial charge in [-0.15, -0.1) is 0 Å². The molecule has 2 nitrogen and oxygen atoms in total. The van der Waals surface area contributed by atoms with Crippen LogP contribution in [-0.4, -0.2) is 6.10 Å². The van der Waals surface area contributed by atoms with Gasteiger partial charge in [-0.3, -0.25) is 0 Å². The smallest absolute Gasteiger partial charge is 0.145 e. The van der Waals surface area contributed by atoms with E-state index in [9.17, 15) is 0 Å². The molecule has 19 heavy (non-hydrogen) atoms. The Labute approximate surface area is 117 Å². The van der Waals surface area contributed by atoms with Gasteiger partial charge in [0.2, 0.25) is 0 Å². The predicted octanol–water partition coefficient (Wildman–Crippen LogP) is 4.42. The summed E-state index contributed by atoms with van der Waals surface area (Å²) in [6, 6.07) is 5.99. The van der Waals surface area contributed by atoms with Crippen molar-refractivity contribution in [2.45, 2.75) is 53.1 Å². The van der Waals surface area contributed by atoms with E-state index in [0.717, 1.165) is 29.3 Å². The topological polar surface area (TPSA) is 35.2 Å².